The Hall–Kier alpha value is -1.13. The van der Waals surface area contributed by atoms with E-state index in [1.165, 1.54) is 6.07 Å². The molecule has 0 atom stereocenters. The highest BCUT2D eigenvalue weighted by Crippen LogP contribution is 2.19. The van der Waals surface area contributed by atoms with Gasteiger partial charge in [-0.2, -0.15) is 0 Å². The van der Waals surface area contributed by atoms with Crippen molar-refractivity contribution in [3.05, 3.63) is 45.7 Å². The van der Waals surface area contributed by atoms with E-state index in [1.54, 1.807) is 23.5 Å². The molecule has 0 bridgehead atoms. The van der Waals surface area contributed by atoms with Crippen LogP contribution >= 0.6 is 46.9 Å². The molecule has 5 nitrogen and oxygen atoms in total. The highest BCUT2D eigenvalue weighted by Gasteiger charge is 2.07. The summed E-state index contributed by atoms with van der Waals surface area (Å²) in [7, 11) is 3.93. The lowest BCUT2D eigenvalue weighted by atomic mass is 10.1. The Labute approximate surface area is 180 Å². The van der Waals surface area contributed by atoms with E-state index in [9.17, 15) is 4.39 Å². The van der Waals surface area contributed by atoms with Crippen LogP contribution < -0.4 is 15.5 Å². The minimum Gasteiger partial charge on any atom is -0.357 e. The predicted octanol–water partition coefficient (Wildman–Crippen LogP) is 3.92. The third-order valence-electron chi connectivity index (χ3n) is 3.39. The number of anilines is 1. The molecule has 0 saturated heterocycles. The van der Waals surface area contributed by atoms with Gasteiger partial charge in [0, 0.05) is 43.2 Å². The molecule has 2 N–H and O–H groups in total. The van der Waals surface area contributed by atoms with Crippen molar-refractivity contribution in [2.45, 2.75) is 19.9 Å². The first-order chi connectivity index (χ1) is 12.0. The largest absolute Gasteiger partial charge is 0.357 e. The lowest BCUT2D eigenvalue weighted by Crippen LogP contribution is -2.38. The predicted molar refractivity (Wildman–Crippen MR) is 120 cm³/mol. The molecule has 1 aromatic carbocycles. The van der Waals surface area contributed by atoms with Gasteiger partial charge in [0.15, 0.2) is 11.1 Å². The molecule has 0 amide bonds. The van der Waals surface area contributed by atoms with E-state index in [2.05, 4.69) is 20.6 Å². The number of rotatable bonds is 7. The van der Waals surface area contributed by atoms with Crippen LogP contribution in [0.2, 0.25) is 5.02 Å². The highest BCUT2D eigenvalue weighted by atomic mass is 127. The molecule has 0 unspecified atom stereocenters. The highest BCUT2D eigenvalue weighted by molar-refractivity contribution is 14.0. The van der Waals surface area contributed by atoms with Crippen LogP contribution in [0.25, 0.3) is 0 Å². The number of hydrogen-bond acceptors (Lipinski definition) is 4. The molecular formula is C17H24ClFIN5S. The fourth-order valence-electron chi connectivity index (χ4n) is 2.15. The molecule has 0 aliphatic rings. The first kappa shape index (κ1) is 22.9. The number of halogens is 3. The molecule has 1 heterocycles. The van der Waals surface area contributed by atoms with Gasteiger partial charge in [-0.1, -0.05) is 17.7 Å². The van der Waals surface area contributed by atoms with Crippen LogP contribution in [0.4, 0.5) is 9.52 Å². The third-order valence-corrected chi connectivity index (χ3v) is 4.81. The summed E-state index contributed by atoms with van der Waals surface area (Å²) in [5.74, 6) is 0.393. The molecule has 144 valence electrons. The van der Waals surface area contributed by atoms with Crippen molar-refractivity contribution in [3.8, 4) is 0 Å². The van der Waals surface area contributed by atoms with Crippen LogP contribution in [0, 0.1) is 5.82 Å². The zero-order valence-electron chi connectivity index (χ0n) is 15.1. The molecular weight excluding hydrogens is 488 g/mol. The van der Waals surface area contributed by atoms with Crippen LogP contribution in [0.5, 0.6) is 0 Å². The van der Waals surface area contributed by atoms with Crippen molar-refractivity contribution in [3.63, 3.8) is 0 Å². The standard InChI is InChI=1S/C17H23ClFN5S.HI/c1-4-20-16(22-10-12-11-25-17(23-12)24(2)3)21-9-8-13-14(18)6-5-7-15(13)19;/h5-7,11H,4,8-10H2,1-3H3,(H2,20,21,22);1H. The van der Waals surface area contributed by atoms with Gasteiger partial charge in [-0.25, -0.2) is 14.4 Å². The zero-order valence-corrected chi connectivity index (χ0v) is 19.0. The van der Waals surface area contributed by atoms with Crippen molar-refractivity contribution >= 4 is 58.0 Å². The summed E-state index contributed by atoms with van der Waals surface area (Å²) in [6, 6.07) is 4.73. The van der Waals surface area contributed by atoms with E-state index in [0.717, 1.165) is 17.4 Å². The van der Waals surface area contributed by atoms with Gasteiger partial charge < -0.3 is 15.5 Å². The topological polar surface area (TPSA) is 52.6 Å². The van der Waals surface area contributed by atoms with Gasteiger partial charge in [0.1, 0.15) is 5.82 Å². The monoisotopic (exact) mass is 511 g/mol. The van der Waals surface area contributed by atoms with Gasteiger partial charge in [0.25, 0.3) is 0 Å². The van der Waals surface area contributed by atoms with Crippen LogP contribution in [0.1, 0.15) is 18.2 Å². The second-order valence-corrected chi connectivity index (χ2v) is 6.83. The molecule has 0 fully saturated rings. The number of guanidine groups is 1. The molecule has 0 radical (unpaired) electrons. The van der Waals surface area contributed by atoms with Gasteiger partial charge in [-0.15, -0.1) is 35.3 Å². The molecule has 0 aliphatic heterocycles. The van der Waals surface area contributed by atoms with Crippen LogP contribution in [0.15, 0.2) is 28.6 Å². The quantitative estimate of drug-likeness (QED) is 0.336. The summed E-state index contributed by atoms with van der Waals surface area (Å²) in [5.41, 5.74) is 1.44. The maximum absolute atomic E-state index is 13.8. The average molecular weight is 512 g/mol. The first-order valence-electron chi connectivity index (χ1n) is 8.08. The Bertz CT molecular complexity index is 703. The summed E-state index contributed by atoms with van der Waals surface area (Å²) in [6.45, 7) is 3.76. The maximum atomic E-state index is 13.8. The van der Waals surface area contributed by atoms with Crippen LogP contribution in [-0.4, -0.2) is 38.1 Å². The van der Waals surface area contributed by atoms with Crippen LogP contribution in [-0.2, 0) is 13.0 Å². The Kier molecular flexibility index (Phi) is 10.2. The third kappa shape index (κ3) is 6.88. The number of hydrogen-bond donors (Lipinski definition) is 2. The summed E-state index contributed by atoms with van der Waals surface area (Å²) < 4.78 is 13.8. The van der Waals surface area contributed by atoms with Crippen LogP contribution in [0.3, 0.4) is 0 Å². The van der Waals surface area contributed by atoms with E-state index >= 15 is 0 Å². The summed E-state index contributed by atoms with van der Waals surface area (Å²) >= 11 is 7.64. The van der Waals surface area contributed by atoms with Crippen molar-refractivity contribution in [1.29, 1.82) is 0 Å². The minimum absolute atomic E-state index is 0. The molecule has 0 saturated carbocycles. The van der Waals surface area contributed by atoms with Crippen molar-refractivity contribution < 1.29 is 4.39 Å². The van der Waals surface area contributed by atoms with Gasteiger partial charge in [0.05, 0.1) is 12.2 Å². The fourth-order valence-corrected chi connectivity index (χ4v) is 3.16. The summed E-state index contributed by atoms with van der Waals surface area (Å²) in [5, 5.41) is 9.78. The maximum Gasteiger partial charge on any atom is 0.191 e. The van der Waals surface area contributed by atoms with Crippen molar-refractivity contribution in [1.82, 2.24) is 15.6 Å². The van der Waals surface area contributed by atoms with E-state index in [1.807, 2.05) is 31.3 Å². The van der Waals surface area contributed by atoms with E-state index in [4.69, 9.17) is 11.6 Å². The fraction of sp³-hybridized carbons (Fsp3) is 0.412. The average Bonchev–Trinajstić information content (AvgIpc) is 3.04. The zero-order chi connectivity index (χ0) is 18.2. The van der Waals surface area contributed by atoms with E-state index in [-0.39, 0.29) is 29.8 Å². The lowest BCUT2D eigenvalue weighted by molar-refractivity contribution is 0.607. The Morgan fingerprint density at radius 3 is 2.73 bits per heavy atom. The second kappa shape index (κ2) is 11.6. The van der Waals surface area contributed by atoms with Gasteiger partial charge in [-0.3, -0.25) is 0 Å². The summed E-state index contributed by atoms with van der Waals surface area (Å²) in [6.07, 6.45) is 0.484. The summed E-state index contributed by atoms with van der Waals surface area (Å²) in [4.78, 5) is 11.0. The van der Waals surface area contributed by atoms with Crippen molar-refractivity contribution in [2.75, 3.05) is 32.1 Å². The Balaban J connectivity index is 0.00000338. The van der Waals surface area contributed by atoms with E-state index < -0.39 is 0 Å². The van der Waals surface area contributed by atoms with Gasteiger partial charge in [-0.05, 0) is 25.5 Å². The van der Waals surface area contributed by atoms with Gasteiger partial charge >= 0.3 is 0 Å². The lowest BCUT2D eigenvalue weighted by Gasteiger charge is -2.12. The molecule has 1 aromatic heterocycles. The number of aromatic nitrogens is 1. The number of nitrogens with zero attached hydrogens (tertiary/aromatic N) is 3. The second-order valence-electron chi connectivity index (χ2n) is 5.59. The number of thiazole rings is 1. The molecule has 2 rings (SSSR count). The molecule has 26 heavy (non-hydrogen) atoms. The van der Waals surface area contributed by atoms with Crippen molar-refractivity contribution in [2.24, 2.45) is 4.99 Å². The Morgan fingerprint density at radius 2 is 2.12 bits per heavy atom. The number of aliphatic imine (C=N–C) groups is 1. The minimum atomic E-state index is -0.282. The first-order valence-corrected chi connectivity index (χ1v) is 9.33. The molecule has 2 aromatic rings. The number of benzene rings is 1. The smallest absolute Gasteiger partial charge is 0.191 e. The van der Waals surface area contributed by atoms with E-state index in [0.29, 0.717) is 36.1 Å². The molecule has 9 heteroatoms. The SMILES string of the molecule is CCNC(=NCc1csc(N(C)C)n1)NCCc1c(F)cccc1Cl.I. The molecule has 0 aliphatic carbocycles. The normalized spacial score (nSPS) is 11.0. The Morgan fingerprint density at radius 1 is 1.35 bits per heavy atom. The molecule has 0 spiro atoms. The van der Waals surface area contributed by atoms with Gasteiger partial charge in [0.2, 0.25) is 0 Å². The number of nitrogens with one attached hydrogen (secondary N) is 2.